The van der Waals surface area contributed by atoms with Crippen molar-refractivity contribution in [1.29, 1.82) is 0 Å². The van der Waals surface area contributed by atoms with Crippen LogP contribution in [-0.4, -0.2) is 34.5 Å². The summed E-state index contributed by atoms with van der Waals surface area (Å²) in [6.07, 6.45) is 10.6. The number of fused-ring (bicyclic) bond motifs is 12. The number of rotatable bonds is 5. The average Bonchev–Trinajstić information content (AvgIpc) is 3.08. The van der Waals surface area contributed by atoms with Gasteiger partial charge >= 0.3 is 21.3 Å². The standard InChI is InChI=1S/C23H35F4NO5S/c24-22(25,23(26,27)34(31,32)33-28-20(29)14-15-21(28)30)19-16-17-10-8-6-4-2-1-3-5-7-9-11-18(19)13-12-17/h14-15,17-19,29-30H,1-13,16H2. The van der Waals surface area contributed by atoms with Crippen LogP contribution in [0, 0.1) is 17.8 Å². The van der Waals surface area contributed by atoms with Crippen molar-refractivity contribution < 1.29 is 40.5 Å². The number of alkyl halides is 4. The summed E-state index contributed by atoms with van der Waals surface area (Å²) in [6.45, 7) is 0. The van der Waals surface area contributed by atoms with Crippen LogP contribution in [0.2, 0.25) is 0 Å². The van der Waals surface area contributed by atoms with Gasteiger partial charge in [0.1, 0.15) is 0 Å². The van der Waals surface area contributed by atoms with E-state index in [0.29, 0.717) is 32.1 Å². The fourth-order valence-electron chi connectivity index (χ4n) is 5.45. The first-order valence-corrected chi connectivity index (χ1v) is 13.7. The van der Waals surface area contributed by atoms with E-state index in [2.05, 4.69) is 4.28 Å². The van der Waals surface area contributed by atoms with Crippen LogP contribution in [0.25, 0.3) is 0 Å². The predicted molar refractivity (Wildman–Crippen MR) is 118 cm³/mol. The minimum Gasteiger partial charge on any atom is -0.492 e. The summed E-state index contributed by atoms with van der Waals surface area (Å²) < 4.78 is 89.5. The molecule has 3 unspecified atom stereocenters. The molecule has 3 aliphatic carbocycles. The molecule has 0 radical (unpaired) electrons. The van der Waals surface area contributed by atoms with Gasteiger partial charge < -0.3 is 10.2 Å². The quantitative estimate of drug-likeness (QED) is 0.456. The Balaban J connectivity index is 1.84. The topological polar surface area (TPSA) is 88.8 Å². The summed E-state index contributed by atoms with van der Waals surface area (Å²) in [5.41, 5.74) is 0. The molecule has 1 heterocycles. The number of hydrogen-bond acceptors (Lipinski definition) is 5. The molecule has 0 aliphatic heterocycles. The van der Waals surface area contributed by atoms with Crippen LogP contribution in [0.5, 0.6) is 11.8 Å². The summed E-state index contributed by atoms with van der Waals surface area (Å²) in [5.74, 6) is -9.61. The Morgan fingerprint density at radius 3 is 1.85 bits per heavy atom. The molecule has 0 spiro atoms. The lowest BCUT2D eigenvalue weighted by molar-refractivity contribution is -0.214. The molecule has 11 heteroatoms. The lowest BCUT2D eigenvalue weighted by Crippen LogP contribution is -2.56. The SMILES string of the molecule is O=S(=O)(On1c(O)ccc1O)C(F)(F)C(F)(F)C1CC2CCCCCCCCCCCC1CC2. The van der Waals surface area contributed by atoms with Gasteiger partial charge in [-0.3, -0.25) is 4.28 Å². The van der Waals surface area contributed by atoms with Gasteiger partial charge in [0.05, 0.1) is 0 Å². The van der Waals surface area contributed by atoms with E-state index in [1.165, 1.54) is 0 Å². The smallest absolute Gasteiger partial charge is 0.444 e. The van der Waals surface area contributed by atoms with E-state index in [1.54, 1.807) is 0 Å². The zero-order chi connectivity index (χ0) is 25.0. The van der Waals surface area contributed by atoms with Gasteiger partial charge in [0.25, 0.3) is 0 Å². The van der Waals surface area contributed by atoms with E-state index in [4.69, 9.17) is 0 Å². The van der Waals surface area contributed by atoms with Crippen molar-refractivity contribution in [2.75, 3.05) is 0 Å². The predicted octanol–water partition coefficient (Wildman–Crippen LogP) is 6.22. The molecule has 2 N–H and O–H groups in total. The summed E-state index contributed by atoms with van der Waals surface area (Å²) in [4.78, 5) is 0. The number of aromatic nitrogens is 1. The minimum absolute atomic E-state index is 0.158. The van der Waals surface area contributed by atoms with E-state index in [1.807, 2.05) is 0 Å². The molecule has 34 heavy (non-hydrogen) atoms. The fourth-order valence-corrected chi connectivity index (χ4v) is 6.38. The summed E-state index contributed by atoms with van der Waals surface area (Å²) in [6, 6.07) is 1.56. The second kappa shape index (κ2) is 11.0. The van der Waals surface area contributed by atoms with Crippen LogP contribution in [0.1, 0.15) is 89.9 Å². The van der Waals surface area contributed by atoms with E-state index < -0.39 is 44.9 Å². The Labute approximate surface area is 198 Å². The molecular formula is C23H35F4NO5S. The lowest BCUT2D eigenvalue weighted by Gasteiger charge is -2.42. The largest absolute Gasteiger partial charge is 0.492 e. The molecular weight excluding hydrogens is 478 g/mol. The van der Waals surface area contributed by atoms with Gasteiger partial charge in [0.15, 0.2) is 0 Å². The van der Waals surface area contributed by atoms with Crippen molar-refractivity contribution in [3.8, 4) is 11.8 Å². The third-order valence-corrected chi connectivity index (χ3v) is 8.67. The highest BCUT2D eigenvalue weighted by Crippen LogP contribution is 2.53. The monoisotopic (exact) mass is 513 g/mol. The van der Waals surface area contributed by atoms with Crippen LogP contribution in [0.15, 0.2) is 12.1 Å². The fraction of sp³-hybridized carbons (Fsp3) is 0.826. The van der Waals surface area contributed by atoms with Crippen molar-refractivity contribution in [3.05, 3.63) is 12.1 Å². The van der Waals surface area contributed by atoms with Crippen molar-refractivity contribution >= 4 is 10.1 Å². The molecule has 1 aromatic rings. The van der Waals surface area contributed by atoms with Crippen LogP contribution in [0.4, 0.5) is 17.6 Å². The second-order valence-electron chi connectivity index (χ2n) is 9.82. The van der Waals surface area contributed by atoms with E-state index in [0.717, 1.165) is 63.5 Å². The van der Waals surface area contributed by atoms with Gasteiger partial charge in [0.2, 0.25) is 11.8 Å². The number of hydrogen-bond donors (Lipinski definition) is 2. The van der Waals surface area contributed by atoms with Crippen LogP contribution < -0.4 is 4.28 Å². The highest BCUT2D eigenvalue weighted by atomic mass is 32.2. The summed E-state index contributed by atoms with van der Waals surface area (Å²) >= 11 is 0. The van der Waals surface area contributed by atoms with Gasteiger partial charge in [-0.05, 0) is 31.1 Å². The molecule has 0 amide bonds. The lowest BCUT2D eigenvalue weighted by atomic mass is 9.68. The molecule has 6 nitrogen and oxygen atoms in total. The molecule has 4 rings (SSSR count). The third kappa shape index (κ3) is 5.76. The maximum atomic E-state index is 15.5. The van der Waals surface area contributed by atoms with Crippen molar-refractivity contribution in [3.63, 3.8) is 0 Å². The Bertz CT molecular complexity index is 882. The number of aromatic hydroxyl groups is 2. The highest BCUT2D eigenvalue weighted by Gasteiger charge is 2.72. The van der Waals surface area contributed by atoms with Gasteiger partial charge in [-0.2, -0.15) is 26.0 Å². The zero-order valence-electron chi connectivity index (χ0n) is 19.3. The first-order chi connectivity index (χ1) is 16.0. The third-order valence-electron chi connectivity index (χ3n) is 7.43. The molecule has 3 aliphatic rings. The van der Waals surface area contributed by atoms with Crippen molar-refractivity contribution in [2.45, 2.75) is 101 Å². The molecule has 3 atom stereocenters. The van der Waals surface area contributed by atoms with Crippen LogP contribution in [0.3, 0.4) is 0 Å². The highest BCUT2D eigenvalue weighted by molar-refractivity contribution is 7.88. The molecule has 0 saturated heterocycles. The van der Waals surface area contributed by atoms with E-state index in [9.17, 15) is 18.6 Å². The molecule has 0 aromatic carbocycles. The maximum Gasteiger partial charge on any atom is 0.444 e. The zero-order valence-corrected chi connectivity index (χ0v) is 20.1. The van der Waals surface area contributed by atoms with Crippen molar-refractivity contribution in [2.24, 2.45) is 17.8 Å². The van der Waals surface area contributed by atoms with Crippen molar-refractivity contribution in [1.82, 2.24) is 4.73 Å². The second-order valence-corrected chi connectivity index (χ2v) is 11.4. The van der Waals surface area contributed by atoms with E-state index in [-0.39, 0.29) is 17.1 Å². The summed E-state index contributed by atoms with van der Waals surface area (Å²) in [7, 11) is -6.26. The first kappa shape index (κ1) is 26.9. The Hall–Kier alpha value is -1.65. The number of nitrogens with zero attached hydrogens (tertiary/aromatic N) is 1. The maximum absolute atomic E-state index is 15.5. The summed E-state index contributed by atoms with van der Waals surface area (Å²) in [5, 5.41) is 13.5. The van der Waals surface area contributed by atoms with Gasteiger partial charge in [-0.1, -0.05) is 75.4 Å². The molecule has 2 bridgehead atoms. The average molecular weight is 514 g/mol. The minimum atomic E-state index is -6.26. The molecule has 1 aromatic heterocycles. The van der Waals surface area contributed by atoms with E-state index >= 15 is 17.6 Å². The Morgan fingerprint density at radius 2 is 1.29 bits per heavy atom. The van der Waals surface area contributed by atoms with Gasteiger partial charge in [0, 0.05) is 18.1 Å². The molecule has 3 saturated carbocycles. The van der Waals surface area contributed by atoms with Crippen LogP contribution >= 0.6 is 0 Å². The Kier molecular flexibility index (Phi) is 8.68. The van der Waals surface area contributed by atoms with Gasteiger partial charge in [-0.15, -0.1) is 0 Å². The first-order valence-electron chi connectivity index (χ1n) is 12.3. The number of halogens is 4. The Morgan fingerprint density at radius 1 is 0.794 bits per heavy atom. The molecule has 196 valence electrons. The normalized spacial score (nSPS) is 26.5. The van der Waals surface area contributed by atoms with Gasteiger partial charge in [-0.25, -0.2) is 0 Å². The van der Waals surface area contributed by atoms with Crippen LogP contribution in [-0.2, 0) is 10.1 Å². The molecule has 3 fully saturated rings.